The van der Waals surface area contributed by atoms with Gasteiger partial charge in [-0.25, -0.2) is 0 Å². The Morgan fingerprint density at radius 3 is 1.08 bits per heavy atom. The summed E-state index contributed by atoms with van der Waals surface area (Å²) in [5.41, 5.74) is 17.4. The summed E-state index contributed by atoms with van der Waals surface area (Å²) in [6, 6.07) is 15.5. The Morgan fingerprint density at radius 2 is 0.795 bits per heavy atom. The molecule has 4 aromatic carbocycles. The van der Waals surface area contributed by atoms with E-state index >= 15 is 0 Å². The van der Waals surface area contributed by atoms with Gasteiger partial charge in [-0.15, -0.1) is 0 Å². The van der Waals surface area contributed by atoms with Crippen LogP contribution in [-0.4, -0.2) is 12.4 Å². The van der Waals surface area contributed by atoms with Gasteiger partial charge in [-0.2, -0.15) is 26.3 Å². The zero-order chi connectivity index (χ0) is 28.6. The summed E-state index contributed by atoms with van der Waals surface area (Å²) in [6.07, 6.45) is -11.5. The van der Waals surface area contributed by atoms with Gasteiger partial charge in [0.2, 0.25) is 5.41 Å². The summed E-state index contributed by atoms with van der Waals surface area (Å²) in [4.78, 5) is 0. The molecular formula is C27H22F6N4O2. The number of ether oxygens (including phenoxy) is 2. The predicted molar refractivity (Wildman–Crippen MR) is 136 cm³/mol. The van der Waals surface area contributed by atoms with Gasteiger partial charge in [0.25, 0.3) is 0 Å². The number of nitrogen functional groups attached to an aromatic ring is 4. The van der Waals surface area contributed by atoms with E-state index in [1.54, 1.807) is 0 Å². The van der Waals surface area contributed by atoms with Gasteiger partial charge < -0.3 is 32.4 Å². The largest absolute Gasteiger partial charge is 0.455 e. The predicted octanol–water partition coefficient (Wildman–Crippen LogP) is 7.01. The summed E-state index contributed by atoms with van der Waals surface area (Å²) < 4.78 is 97.9. The molecule has 0 amide bonds. The van der Waals surface area contributed by atoms with E-state index in [4.69, 9.17) is 32.4 Å². The molecule has 12 heteroatoms. The molecule has 6 nitrogen and oxygen atoms in total. The van der Waals surface area contributed by atoms with Crippen molar-refractivity contribution in [2.24, 2.45) is 0 Å². The minimum Gasteiger partial charge on any atom is -0.455 e. The Labute approximate surface area is 218 Å². The van der Waals surface area contributed by atoms with Crippen LogP contribution in [0.4, 0.5) is 49.1 Å². The number of anilines is 4. The average Bonchev–Trinajstić information content (AvgIpc) is 2.83. The molecule has 8 N–H and O–H groups in total. The second-order valence-corrected chi connectivity index (χ2v) is 8.59. The van der Waals surface area contributed by atoms with E-state index in [9.17, 15) is 26.3 Å². The molecule has 204 valence electrons. The normalized spacial score (nSPS) is 12.3. The highest BCUT2D eigenvalue weighted by atomic mass is 19.4. The molecule has 0 atom stereocenters. The van der Waals surface area contributed by atoms with Gasteiger partial charge in [0.1, 0.15) is 23.0 Å². The van der Waals surface area contributed by atoms with Crippen LogP contribution in [0.2, 0.25) is 0 Å². The molecule has 4 aromatic rings. The van der Waals surface area contributed by atoms with Gasteiger partial charge in [0.15, 0.2) is 0 Å². The fourth-order valence-electron chi connectivity index (χ4n) is 4.10. The summed E-state index contributed by atoms with van der Waals surface area (Å²) in [6.45, 7) is 0. The minimum atomic E-state index is -5.77. The van der Waals surface area contributed by atoms with Crippen molar-refractivity contribution in [2.75, 3.05) is 22.9 Å². The van der Waals surface area contributed by atoms with Gasteiger partial charge in [-0.1, -0.05) is 24.3 Å². The fraction of sp³-hybridized carbons (Fsp3) is 0.111. The van der Waals surface area contributed by atoms with Gasteiger partial charge in [-0.3, -0.25) is 0 Å². The summed E-state index contributed by atoms with van der Waals surface area (Å²) in [7, 11) is 0. The van der Waals surface area contributed by atoms with Crippen molar-refractivity contribution in [3.05, 3.63) is 96.1 Å². The Balaban J connectivity index is 1.73. The number of hydrogen-bond acceptors (Lipinski definition) is 6. The molecule has 0 saturated heterocycles. The molecule has 0 aliphatic heterocycles. The van der Waals surface area contributed by atoms with Crippen molar-refractivity contribution in [1.82, 2.24) is 0 Å². The smallest absolute Gasteiger partial charge is 0.411 e. The van der Waals surface area contributed by atoms with Crippen LogP contribution in [-0.2, 0) is 5.41 Å². The van der Waals surface area contributed by atoms with Crippen LogP contribution in [0.15, 0.2) is 84.9 Å². The molecule has 0 bridgehead atoms. The Morgan fingerprint density at radius 1 is 0.462 bits per heavy atom. The van der Waals surface area contributed by atoms with Crippen LogP contribution >= 0.6 is 0 Å². The van der Waals surface area contributed by atoms with E-state index < -0.39 is 28.9 Å². The lowest BCUT2D eigenvalue weighted by Gasteiger charge is -2.38. The van der Waals surface area contributed by atoms with E-state index in [0.717, 1.165) is 24.3 Å². The van der Waals surface area contributed by atoms with Crippen LogP contribution in [0, 0.1) is 0 Å². The highest BCUT2D eigenvalue weighted by molar-refractivity contribution is 5.62. The maximum absolute atomic E-state index is 14.5. The summed E-state index contributed by atoms with van der Waals surface area (Å²) in [5, 5.41) is 0. The van der Waals surface area contributed by atoms with E-state index in [0.29, 0.717) is 35.6 Å². The van der Waals surface area contributed by atoms with Gasteiger partial charge in [0.05, 0.1) is 11.4 Å². The molecule has 0 radical (unpaired) electrons. The molecule has 0 fully saturated rings. The third kappa shape index (κ3) is 5.17. The highest BCUT2D eigenvalue weighted by Crippen LogP contribution is 2.56. The number of alkyl halides is 6. The molecule has 0 spiro atoms. The highest BCUT2D eigenvalue weighted by Gasteiger charge is 2.72. The van der Waals surface area contributed by atoms with Crippen LogP contribution in [0.1, 0.15) is 11.1 Å². The molecule has 39 heavy (non-hydrogen) atoms. The first-order valence-corrected chi connectivity index (χ1v) is 11.2. The number of rotatable bonds is 6. The zero-order valence-electron chi connectivity index (χ0n) is 20.0. The van der Waals surface area contributed by atoms with Crippen LogP contribution in [0.25, 0.3) is 0 Å². The van der Waals surface area contributed by atoms with Crippen molar-refractivity contribution in [3.8, 4) is 23.0 Å². The first-order valence-electron chi connectivity index (χ1n) is 11.2. The quantitative estimate of drug-likeness (QED) is 0.152. The molecule has 0 unspecified atom stereocenters. The molecule has 0 aliphatic rings. The Bertz CT molecular complexity index is 1360. The zero-order valence-corrected chi connectivity index (χ0v) is 20.0. The number of nitrogens with two attached hydrogens (primary N) is 4. The minimum absolute atomic E-state index is 0.0293. The van der Waals surface area contributed by atoms with E-state index in [1.807, 2.05) is 0 Å². The van der Waals surface area contributed by atoms with E-state index in [1.165, 1.54) is 36.4 Å². The lowest BCUT2D eigenvalue weighted by molar-refractivity contribution is -0.288. The maximum Gasteiger partial charge on any atom is 0.411 e. The van der Waals surface area contributed by atoms with E-state index in [-0.39, 0.29) is 34.4 Å². The molecule has 0 saturated carbocycles. The van der Waals surface area contributed by atoms with Gasteiger partial charge in [0, 0.05) is 11.4 Å². The SMILES string of the molecule is Nc1ccc(Oc2ccc(C(c3ccc(Oc4ccc(N)cc4N)cc3)(C(F)(F)F)C(F)(F)F)cc2)c(N)c1. The lowest BCUT2D eigenvalue weighted by atomic mass is 9.73. The van der Waals surface area contributed by atoms with E-state index in [2.05, 4.69) is 0 Å². The molecule has 4 rings (SSSR count). The maximum atomic E-state index is 14.5. The topological polar surface area (TPSA) is 123 Å². The van der Waals surface area contributed by atoms with Gasteiger partial charge >= 0.3 is 12.4 Å². The monoisotopic (exact) mass is 548 g/mol. The van der Waals surface area contributed by atoms with Crippen LogP contribution in [0.5, 0.6) is 23.0 Å². The summed E-state index contributed by atoms with van der Waals surface area (Å²) in [5.74, 6) is 0.205. The Kier molecular flexibility index (Phi) is 6.90. The van der Waals surface area contributed by atoms with Gasteiger partial charge in [-0.05, 0) is 71.8 Å². The second kappa shape index (κ2) is 9.86. The number of benzene rings is 4. The second-order valence-electron chi connectivity index (χ2n) is 8.59. The fourth-order valence-corrected chi connectivity index (χ4v) is 4.10. The first kappa shape index (κ1) is 27.3. The van der Waals surface area contributed by atoms with Crippen molar-refractivity contribution < 1.29 is 35.8 Å². The number of hydrogen-bond donors (Lipinski definition) is 4. The third-order valence-electron chi connectivity index (χ3n) is 5.95. The van der Waals surface area contributed by atoms with Crippen LogP contribution in [0.3, 0.4) is 0 Å². The lowest BCUT2D eigenvalue weighted by Crippen LogP contribution is -2.54. The van der Waals surface area contributed by atoms with Crippen molar-refractivity contribution >= 4 is 22.7 Å². The van der Waals surface area contributed by atoms with Crippen LogP contribution < -0.4 is 32.4 Å². The molecule has 0 aromatic heterocycles. The molecular weight excluding hydrogens is 526 g/mol. The first-order chi connectivity index (χ1) is 18.2. The standard InChI is InChI=1S/C27H22F6N4O2/c28-26(29,30)25(27(31,32)33,15-1-7-19(8-2-15)38-23-11-5-17(34)13-21(23)36)16-3-9-20(10-4-16)39-24-12-6-18(35)14-22(24)37/h1-14H,34-37H2. The summed E-state index contributed by atoms with van der Waals surface area (Å²) >= 11 is 0. The third-order valence-corrected chi connectivity index (χ3v) is 5.95. The van der Waals surface area contributed by atoms with Crippen molar-refractivity contribution in [1.29, 1.82) is 0 Å². The Hall–Kier alpha value is -4.74. The average molecular weight is 548 g/mol. The molecule has 0 aliphatic carbocycles. The van der Waals surface area contributed by atoms with Crippen molar-refractivity contribution in [3.63, 3.8) is 0 Å². The van der Waals surface area contributed by atoms with Crippen molar-refractivity contribution in [2.45, 2.75) is 17.8 Å². The molecule has 0 heterocycles. The number of halogens is 6.